The van der Waals surface area contributed by atoms with E-state index in [9.17, 15) is 14.4 Å². The summed E-state index contributed by atoms with van der Waals surface area (Å²) < 4.78 is 16.5. The molecule has 0 rings (SSSR count). The Bertz CT molecular complexity index is 1230. The number of hydrogen-bond acceptors (Lipinski definition) is 6. The molecule has 0 aliphatic carbocycles. The average molecular weight is 789 g/mol. The lowest BCUT2D eigenvalue weighted by atomic mass is 10.1. The fourth-order valence-corrected chi connectivity index (χ4v) is 5.49. The maximum absolute atomic E-state index is 12.7. The zero-order valence-corrected chi connectivity index (χ0v) is 36.3. The minimum Gasteiger partial charge on any atom is -0.462 e. The van der Waals surface area contributed by atoms with Gasteiger partial charge in [0.2, 0.25) is 0 Å². The fourth-order valence-electron chi connectivity index (χ4n) is 5.49. The molecule has 0 amide bonds. The molecule has 320 valence electrons. The molecule has 0 aromatic heterocycles. The molecule has 0 aliphatic heterocycles. The molecule has 0 N–H and O–H groups in total. The van der Waals surface area contributed by atoms with Crippen molar-refractivity contribution in [2.75, 3.05) is 13.2 Å². The summed E-state index contributed by atoms with van der Waals surface area (Å²) in [6.07, 6.45) is 59.5. The van der Waals surface area contributed by atoms with Gasteiger partial charge in [-0.2, -0.15) is 0 Å². The summed E-state index contributed by atoms with van der Waals surface area (Å²) in [5.41, 5.74) is 0. The van der Waals surface area contributed by atoms with E-state index in [0.29, 0.717) is 19.3 Å². The number of ether oxygens (including phenoxy) is 3. The number of allylic oxidation sites excluding steroid dienone is 18. The molecule has 0 bridgehead atoms. The molecule has 0 fully saturated rings. The van der Waals surface area contributed by atoms with E-state index in [-0.39, 0.29) is 38.0 Å². The van der Waals surface area contributed by atoms with Crippen molar-refractivity contribution in [3.05, 3.63) is 109 Å². The highest BCUT2D eigenvalue weighted by atomic mass is 16.6. The second-order valence-electron chi connectivity index (χ2n) is 14.2. The van der Waals surface area contributed by atoms with Crippen molar-refractivity contribution in [2.45, 2.75) is 181 Å². The van der Waals surface area contributed by atoms with Crippen LogP contribution in [0.3, 0.4) is 0 Å². The molecule has 0 aliphatic rings. The van der Waals surface area contributed by atoms with Crippen LogP contribution in [0, 0.1) is 0 Å². The standard InChI is InChI=1S/C51H80O6/c1-4-7-10-13-16-19-21-23-24-25-26-28-29-32-35-38-41-44-50(53)56-47-48(46-55-49(52)43-40-37-34-31-18-15-12-9-6-3)57-51(54)45-42-39-36-33-30-27-22-20-17-14-11-8-5-2/h7-8,10-11,16-17,19-20,23-24,26-28,30,32,35-36,39,48H,4-6,9,12-15,18,21-22,25,29,31,33-34,37-38,40-47H2,1-3H3/b10-7-,11-8-,19-16-,20-17-,24-23-,28-26-,30-27-,35-32-,39-36-. The van der Waals surface area contributed by atoms with Crippen molar-refractivity contribution in [2.24, 2.45) is 0 Å². The van der Waals surface area contributed by atoms with E-state index in [0.717, 1.165) is 83.5 Å². The zero-order chi connectivity index (χ0) is 41.5. The minimum atomic E-state index is -0.836. The van der Waals surface area contributed by atoms with Crippen LogP contribution in [0.15, 0.2) is 109 Å². The molecule has 0 saturated carbocycles. The molecule has 0 heterocycles. The van der Waals surface area contributed by atoms with Crippen molar-refractivity contribution in [3.63, 3.8) is 0 Å². The molecular formula is C51H80O6. The molecule has 0 spiro atoms. The van der Waals surface area contributed by atoms with Crippen LogP contribution in [0.25, 0.3) is 0 Å². The lowest BCUT2D eigenvalue weighted by Crippen LogP contribution is -2.30. The average Bonchev–Trinajstić information content (AvgIpc) is 3.21. The summed E-state index contributed by atoms with van der Waals surface area (Å²) in [4.78, 5) is 37.6. The lowest BCUT2D eigenvalue weighted by molar-refractivity contribution is -0.166. The maximum atomic E-state index is 12.7. The van der Waals surface area contributed by atoms with Crippen LogP contribution in [0.2, 0.25) is 0 Å². The number of unbranched alkanes of at least 4 members (excludes halogenated alkanes) is 9. The highest BCUT2D eigenvalue weighted by Gasteiger charge is 2.19. The van der Waals surface area contributed by atoms with Crippen LogP contribution < -0.4 is 0 Å². The normalized spacial score (nSPS) is 13.1. The van der Waals surface area contributed by atoms with Gasteiger partial charge in [-0.1, -0.05) is 182 Å². The predicted molar refractivity (Wildman–Crippen MR) is 242 cm³/mol. The van der Waals surface area contributed by atoms with Gasteiger partial charge in [-0.25, -0.2) is 0 Å². The first kappa shape index (κ1) is 53.1. The van der Waals surface area contributed by atoms with Crippen molar-refractivity contribution >= 4 is 17.9 Å². The molecule has 0 saturated heterocycles. The third kappa shape index (κ3) is 43.0. The van der Waals surface area contributed by atoms with Crippen LogP contribution in [0.4, 0.5) is 0 Å². The Kier molecular flexibility index (Phi) is 41.7. The van der Waals surface area contributed by atoms with Gasteiger partial charge in [0.05, 0.1) is 0 Å². The summed E-state index contributed by atoms with van der Waals surface area (Å²) >= 11 is 0. The molecular weight excluding hydrogens is 709 g/mol. The highest BCUT2D eigenvalue weighted by molar-refractivity contribution is 5.71. The second-order valence-corrected chi connectivity index (χ2v) is 14.2. The van der Waals surface area contributed by atoms with Gasteiger partial charge in [0.1, 0.15) is 13.2 Å². The number of rotatable bonds is 38. The molecule has 1 atom stereocenters. The molecule has 0 radical (unpaired) electrons. The smallest absolute Gasteiger partial charge is 0.306 e. The molecule has 6 heteroatoms. The third-order valence-electron chi connectivity index (χ3n) is 8.79. The van der Waals surface area contributed by atoms with Gasteiger partial charge in [-0.3, -0.25) is 14.4 Å². The Morgan fingerprint density at radius 1 is 0.368 bits per heavy atom. The minimum absolute atomic E-state index is 0.126. The third-order valence-corrected chi connectivity index (χ3v) is 8.79. The highest BCUT2D eigenvalue weighted by Crippen LogP contribution is 2.12. The fraction of sp³-hybridized carbons (Fsp3) is 0.588. The molecule has 0 aromatic rings. The summed E-state index contributed by atoms with van der Waals surface area (Å²) in [5.74, 6) is -1.08. The van der Waals surface area contributed by atoms with Gasteiger partial charge < -0.3 is 14.2 Å². The van der Waals surface area contributed by atoms with Crippen molar-refractivity contribution in [1.29, 1.82) is 0 Å². The van der Waals surface area contributed by atoms with Gasteiger partial charge in [-0.05, 0) is 83.5 Å². The summed E-state index contributed by atoms with van der Waals surface area (Å²) in [6, 6.07) is 0. The monoisotopic (exact) mass is 789 g/mol. The van der Waals surface area contributed by atoms with E-state index in [1.165, 1.54) is 38.5 Å². The van der Waals surface area contributed by atoms with E-state index in [4.69, 9.17) is 14.2 Å². The van der Waals surface area contributed by atoms with Crippen LogP contribution >= 0.6 is 0 Å². The lowest BCUT2D eigenvalue weighted by Gasteiger charge is -2.18. The SMILES string of the molecule is CC/C=C\C/C=C\C/C=C\C/C=C\C/C=C\CCCC(=O)OCC(COC(=O)CCCCCCCCCCC)OC(=O)CC/C=C\C/C=C\C/C=C\C/C=C\CC. The topological polar surface area (TPSA) is 78.9 Å². The summed E-state index contributed by atoms with van der Waals surface area (Å²) in [5, 5.41) is 0. The van der Waals surface area contributed by atoms with E-state index in [1.807, 2.05) is 12.2 Å². The Hall–Kier alpha value is -3.93. The van der Waals surface area contributed by atoms with Gasteiger partial charge in [-0.15, -0.1) is 0 Å². The number of carbonyl (C=O) groups excluding carboxylic acids is 3. The number of carbonyl (C=O) groups is 3. The van der Waals surface area contributed by atoms with Gasteiger partial charge >= 0.3 is 17.9 Å². The molecule has 57 heavy (non-hydrogen) atoms. The Morgan fingerprint density at radius 2 is 0.719 bits per heavy atom. The first-order valence-corrected chi connectivity index (χ1v) is 22.4. The molecule has 1 unspecified atom stereocenters. The van der Waals surface area contributed by atoms with Gasteiger partial charge in [0.15, 0.2) is 6.10 Å². The second kappa shape index (κ2) is 44.8. The quantitative estimate of drug-likeness (QED) is 0.0268. The molecule has 0 aromatic carbocycles. The Morgan fingerprint density at radius 3 is 1.14 bits per heavy atom. The molecule has 6 nitrogen and oxygen atoms in total. The van der Waals surface area contributed by atoms with E-state index >= 15 is 0 Å². The maximum Gasteiger partial charge on any atom is 0.306 e. The van der Waals surface area contributed by atoms with Crippen molar-refractivity contribution in [3.8, 4) is 0 Å². The summed E-state index contributed by atoms with van der Waals surface area (Å²) in [7, 11) is 0. The van der Waals surface area contributed by atoms with Crippen LogP contribution in [0.5, 0.6) is 0 Å². The largest absolute Gasteiger partial charge is 0.462 e. The van der Waals surface area contributed by atoms with Crippen LogP contribution in [-0.4, -0.2) is 37.2 Å². The number of hydrogen-bond donors (Lipinski definition) is 0. The van der Waals surface area contributed by atoms with Crippen LogP contribution in [0.1, 0.15) is 175 Å². The van der Waals surface area contributed by atoms with Gasteiger partial charge in [0, 0.05) is 19.3 Å². The Labute approximate surface area is 349 Å². The first-order chi connectivity index (χ1) is 28.0. The van der Waals surface area contributed by atoms with Gasteiger partial charge in [0.25, 0.3) is 0 Å². The first-order valence-electron chi connectivity index (χ1n) is 22.4. The van der Waals surface area contributed by atoms with E-state index in [2.05, 4.69) is 118 Å². The summed E-state index contributed by atoms with van der Waals surface area (Å²) in [6.45, 7) is 6.24. The van der Waals surface area contributed by atoms with Crippen molar-refractivity contribution in [1.82, 2.24) is 0 Å². The number of esters is 3. The van der Waals surface area contributed by atoms with Crippen molar-refractivity contribution < 1.29 is 28.6 Å². The Balaban J connectivity index is 4.57. The predicted octanol–water partition coefficient (Wildman–Crippen LogP) is 14.4. The van der Waals surface area contributed by atoms with E-state index < -0.39 is 12.1 Å². The van der Waals surface area contributed by atoms with Crippen LogP contribution in [-0.2, 0) is 28.6 Å². The van der Waals surface area contributed by atoms with E-state index in [1.54, 1.807) is 0 Å². The zero-order valence-electron chi connectivity index (χ0n) is 36.3.